The van der Waals surface area contributed by atoms with Gasteiger partial charge in [0.15, 0.2) is 0 Å². The molecule has 32 heavy (non-hydrogen) atoms. The van der Waals surface area contributed by atoms with Crippen molar-refractivity contribution in [1.82, 2.24) is 10.2 Å². The van der Waals surface area contributed by atoms with Crippen LogP contribution in [0.4, 0.5) is 13.6 Å². The number of carbonyl (C=O) groups excluding carboxylic acids is 1. The van der Waals surface area contributed by atoms with Crippen molar-refractivity contribution in [2.75, 3.05) is 26.3 Å². The lowest BCUT2D eigenvalue weighted by atomic mass is 10.0. The van der Waals surface area contributed by atoms with Crippen LogP contribution in [0.2, 0.25) is 0 Å². The Bertz CT molecular complexity index is 843. The molecular weight excluding hydrogens is 414 g/mol. The van der Waals surface area contributed by atoms with Crippen molar-refractivity contribution in [3.63, 3.8) is 0 Å². The first-order valence-corrected chi connectivity index (χ1v) is 11.2. The van der Waals surface area contributed by atoms with Gasteiger partial charge < -0.3 is 14.8 Å². The molecule has 2 atom stereocenters. The minimum atomic E-state index is -1.19. The standard InChI is InChI=1S/C25H32F2N2O3/c1-18(2)17-32-22-9-5-19(6-10-22)12-14-31-25(30)29(24-11-13-28-15-23(24)27)16-20-3-7-21(26)8-4-20/h3-10,18,23-24,28H,11-17H2,1-2H3/t23-,24+/m1/s1. The summed E-state index contributed by atoms with van der Waals surface area (Å²) in [6.07, 6.45) is -0.697. The lowest BCUT2D eigenvalue weighted by molar-refractivity contribution is 0.0484. The second-order valence-corrected chi connectivity index (χ2v) is 8.54. The van der Waals surface area contributed by atoms with Crippen molar-refractivity contribution in [3.8, 4) is 5.75 Å². The number of rotatable bonds is 9. The third kappa shape index (κ3) is 7.19. The van der Waals surface area contributed by atoms with E-state index in [9.17, 15) is 13.6 Å². The summed E-state index contributed by atoms with van der Waals surface area (Å²) in [6, 6.07) is 13.0. The van der Waals surface area contributed by atoms with E-state index in [1.165, 1.54) is 17.0 Å². The van der Waals surface area contributed by atoms with Gasteiger partial charge in [-0.1, -0.05) is 38.1 Å². The average molecular weight is 447 g/mol. The molecule has 2 aromatic rings. The fourth-order valence-electron chi connectivity index (χ4n) is 3.62. The number of nitrogens with zero attached hydrogens (tertiary/aromatic N) is 1. The first kappa shape index (κ1) is 24.0. The lowest BCUT2D eigenvalue weighted by Gasteiger charge is -2.36. The van der Waals surface area contributed by atoms with Gasteiger partial charge in [0.2, 0.25) is 0 Å². The van der Waals surface area contributed by atoms with Crippen LogP contribution in [0.3, 0.4) is 0 Å². The predicted octanol–water partition coefficient (Wildman–Crippen LogP) is 4.74. The second-order valence-electron chi connectivity index (χ2n) is 8.54. The Morgan fingerprint density at radius 1 is 1.12 bits per heavy atom. The molecule has 1 saturated heterocycles. The minimum Gasteiger partial charge on any atom is -0.493 e. The summed E-state index contributed by atoms with van der Waals surface area (Å²) < 4.78 is 39.0. The van der Waals surface area contributed by atoms with Gasteiger partial charge in [-0.05, 0) is 54.3 Å². The van der Waals surface area contributed by atoms with Crippen LogP contribution in [-0.2, 0) is 17.7 Å². The molecule has 1 aliphatic heterocycles. The molecule has 0 spiro atoms. The van der Waals surface area contributed by atoms with Crippen LogP contribution in [0.25, 0.3) is 0 Å². The Morgan fingerprint density at radius 3 is 2.47 bits per heavy atom. The molecule has 0 unspecified atom stereocenters. The van der Waals surface area contributed by atoms with E-state index in [-0.39, 0.29) is 25.5 Å². The Balaban J connectivity index is 1.57. The second kappa shape index (κ2) is 11.8. The first-order chi connectivity index (χ1) is 15.4. The van der Waals surface area contributed by atoms with Gasteiger partial charge in [0, 0.05) is 19.5 Å². The molecule has 1 heterocycles. The molecule has 0 radical (unpaired) electrons. The average Bonchev–Trinajstić information content (AvgIpc) is 2.78. The van der Waals surface area contributed by atoms with Crippen LogP contribution in [-0.4, -0.2) is 49.5 Å². The molecule has 7 heteroatoms. The summed E-state index contributed by atoms with van der Waals surface area (Å²) in [4.78, 5) is 14.3. The van der Waals surface area contributed by atoms with E-state index in [1.807, 2.05) is 24.3 Å². The molecule has 174 valence electrons. The predicted molar refractivity (Wildman–Crippen MR) is 120 cm³/mol. The highest BCUT2D eigenvalue weighted by atomic mass is 19.1. The highest BCUT2D eigenvalue weighted by Crippen LogP contribution is 2.20. The maximum atomic E-state index is 14.6. The Labute approximate surface area is 188 Å². The van der Waals surface area contributed by atoms with Crippen LogP contribution >= 0.6 is 0 Å². The molecule has 1 aliphatic rings. The van der Waals surface area contributed by atoms with Gasteiger partial charge in [-0.25, -0.2) is 13.6 Å². The van der Waals surface area contributed by atoms with Gasteiger partial charge in [-0.2, -0.15) is 0 Å². The number of carbonyl (C=O) groups is 1. The molecule has 1 N–H and O–H groups in total. The Morgan fingerprint density at radius 2 is 1.81 bits per heavy atom. The van der Waals surface area contributed by atoms with Crippen molar-refractivity contribution in [1.29, 1.82) is 0 Å². The zero-order valence-corrected chi connectivity index (χ0v) is 18.7. The van der Waals surface area contributed by atoms with Crippen LogP contribution in [0.5, 0.6) is 5.75 Å². The third-order valence-electron chi connectivity index (χ3n) is 5.40. The van der Waals surface area contributed by atoms with E-state index in [0.29, 0.717) is 31.9 Å². The fourth-order valence-corrected chi connectivity index (χ4v) is 3.62. The number of benzene rings is 2. The summed E-state index contributed by atoms with van der Waals surface area (Å²) in [5.74, 6) is 0.911. The summed E-state index contributed by atoms with van der Waals surface area (Å²) in [7, 11) is 0. The van der Waals surface area contributed by atoms with Crippen molar-refractivity contribution < 1.29 is 23.0 Å². The SMILES string of the molecule is CC(C)COc1ccc(CCOC(=O)N(Cc2ccc(F)cc2)[C@H]2CCNC[C@H]2F)cc1. The summed E-state index contributed by atoms with van der Waals surface area (Å²) in [5.41, 5.74) is 1.75. The van der Waals surface area contributed by atoms with Gasteiger partial charge in [0.05, 0.1) is 19.3 Å². The monoisotopic (exact) mass is 446 g/mol. The molecule has 5 nitrogen and oxygen atoms in total. The van der Waals surface area contributed by atoms with Crippen LogP contribution in [0, 0.1) is 11.7 Å². The zero-order chi connectivity index (χ0) is 22.9. The molecule has 0 bridgehead atoms. The summed E-state index contributed by atoms with van der Waals surface area (Å²) in [5, 5.41) is 3.00. The number of nitrogens with one attached hydrogen (secondary N) is 1. The molecular formula is C25H32F2N2O3. The Kier molecular flexibility index (Phi) is 8.85. The molecule has 0 aromatic heterocycles. The maximum absolute atomic E-state index is 14.6. The van der Waals surface area contributed by atoms with Gasteiger partial charge in [-0.15, -0.1) is 0 Å². The number of halogens is 2. The largest absolute Gasteiger partial charge is 0.493 e. The first-order valence-electron chi connectivity index (χ1n) is 11.2. The van der Waals surface area contributed by atoms with Gasteiger partial charge in [-0.3, -0.25) is 4.90 Å². The molecule has 0 saturated carbocycles. The smallest absolute Gasteiger partial charge is 0.410 e. The number of hydrogen-bond acceptors (Lipinski definition) is 4. The van der Waals surface area contributed by atoms with E-state index in [2.05, 4.69) is 19.2 Å². The number of hydrogen-bond donors (Lipinski definition) is 1. The van der Waals surface area contributed by atoms with Crippen LogP contribution < -0.4 is 10.1 Å². The van der Waals surface area contributed by atoms with Gasteiger partial charge >= 0.3 is 6.09 Å². The minimum absolute atomic E-state index is 0.173. The highest BCUT2D eigenvalue weighted by molar-refractivity contribution is 5.68. The van der Waals surface area contributed by atoms with Crippen molar-refractivity contribution in [2.45, 2.75) is 45.4 Å². The lowest BCUT2D eigenvalue weighted by Crippen LogP contribution is -2.53. The van der Waals surface area contributed by atoms with E-state index in [4.69, 9.17) is 9.47 Å². The van der Waals surface area contributed by atoms with E-state index >= 15 is 0 Å². The van der Waals surface area contributed by atoms with Gasteiger partial charge in [0.1, 0.15) is 17.7 Å². The third-order valence-corrected chi connectivity index (χ3v) is 5.40. The van der Waals surface area contributed by atoms with Crippen LogP contribution in [0.1, 0.15) is 31.4 Å². The number of piperidine rings is 1. The van der Waals surface area contributed by atoms with E-state index in [1.54, 1.807) is 12.1 Å². The van der Waals surface area contributed by atoms with Crippen molar-refractivity contribution >= 4 is 6.09 Å². The fraction of sp³-hybridized carbons (Fsp3) is 0.480. The van der Waals surface area contributed by atoms with Gasteiger partial charge in [0.25, 0.3) is 0 Å². The van der Waals surface area contributed by atoms with Crippen molar-refractivity contribution in [2.24, 2.45) is 5.92 Å². The highest BCUT2D eigenvalue weighted by Gasteiger charge is 2.34. The molecule has 1 fully saturated rings. The molecule has 3 rings (SSSR count). The number of alkyl halides is 1. The summed E-state index contributed by atoms with van der Waals surface area (Å²) >= 11 is 0. The normalized spacial score (nSPS) is 18.4. The van der Waals surface area contributed by atoms with E-state index in [0.717, 1.165) is 16.9 Å². The van der Waals surface area contributed by atoms with E-state index < -0.39 is 18.3 Å². The Hall–Kier alpha value is -2.67. The number of ether oxygens (including phenoxy) is 2. The molecule has 2 aromatic carbocycles. The molecule has 0 aliphatic carbocycles. The molecule has 1 amide bonds. The summed E-state index contributed by atoms with van der Waals surface area (Å²) in [6.45, 7) is 6.03. The quantitative estimate of drug-likeness (QED) is 0.605. The topological polar surface area (TPSA) is 50.8 Å². The maximum Gasteiger partial charge on any atom is 0.410 e. The van der Waals surface area contributed by atoms with Crippen LogP contribution in [0.15, 0.2) is 48.5 Å². The number of amides is 1. The zero-order valence-electron chi connectivity index (χ0n) is 18.7. The van der Waals surface area contributed by atoms with Crippen molar-refractivity contribution in [3.05, 3.63) is 65.5 Å².